The van der Waals surface area contributed by atoms with Gasteiger partial charge in [-0.05, 0) is 42.5 Å². The van der Waals surface area contributed by atoms with Crippen LogP contribution >= 0.6 is 0 Å². The molecule has 1 saturated heterocycles. The molecule has 0 spiro atoms. The predicted octanol–water partition coefficient (Wildman–Crippen LogP) is 1.96. The number of halogens is 1. The molecule has 2 aromatic rings. The van der Waals surface area contributed by atoms with Crippen LogP contribution in [0.2, 0.25) is 0 Å². The van der Waals surface area contributed by atoms with Crippen LogP contribution in [-0.2, 0) is 9.59 Å². The number of likely N-dealkylation sites (tertiary alicyclic amines) is 1. The second-order valence-electron chi connectivity index (χ2n) is 7.15. The van der Waals surface area contributed by atoms with Gasteiger partial charge in [-0.1, -0.05) is 13.0 Å². The number of carbonyl (C=O) groups is 3. The lowest BCUT2D eigenvalue weighted by Gasteiger charge is -2.38. The second-order valence-corrected chi connectivity index (χ2v) is 7.15. The molecule has 1 aromatic heterocycles. The van der Waals surface area contributed by atoms with Gasteiger partial charge in [-0.2, -0.15) is 0 Å². The molecule has 1 aliphatic rings. The molecule has 4 N–H and O–H groups in total. The number of nitrogens with two attached hydrogens (primary N) is 1. The van der Waals surface area contributed by atoms with E-state index in [1.54, 1.807) is 0 Å². The van der Waals surface area contributed by atoms with Gasteiger partial charge in [0.15, 0.2) is 11.6 Å². The third kappa shape index (κ3) is 4.50. The van der Waals surface area contributed by atoms with E-state index >= 15 is 0 Å². The number of aromatic nitrogens is 1. The number of anilines is 1. The summed E-state index contributed by atoms with van der Waals surface area (Å²) < 4.78 is 13.8. The van der Waals surface area contributed by atoms with Gasteiger partial charge in [-0.25, -0.2) is 4.39 Å². The van der Waals surface area contributed by atoms with Crippen molar-refractivity contribution in [2.45, 2.75) is 25.8 Å². The molecular formula is C20H21FN4O4. The molecule has 0 saturated carbocycles. The number of amides is 3. The molecule has 3 amide bonds. The molecule has 2 atom stereocenters. The summed E-state index contributed by atoms with van der Waals surface area (Å²) in [7, 11) is 0. The quantitative estimate of drug-likeness (QED) is 0.679. The Balaban J connectivity index is 1.81. The molecule has 0 radical (unpaired) electrons. The Kier molecular flexibility index (Phi) is 5.76. The number of pyridine rings is 1. The highest BCUT2D eigenvalue weighted by Crippen LogP contribution is 2.34. The van der Waals surface area contributed by atoms with Crippen molar-refractivity contribution in [3.8, 4) is 5.75 Å². The fourth-order valence-electron chi connectivity index (χ4n) is 3.41. The Labute approximate surface area is 166 Å². The monoisotopic (exact) mass is 400 g/mol. The molecule has 0 bridgehead atoms. The zero-order valence-electron chi connectivity index (χ0n) is 15.8. The number of phenols is 1. The molecule has 0 aliphatic carbocycles. The normalized spacial score (nSPS) is 18.9. The zero-order valence-corrected chi connectivity index (χ0v) is 15.8. The number of phenolic OH excluding ortho intramolecular Hbond substituents is 1. The summed E-state index contributed by atoms with van der Waals surface area (Å²) in [4.78, 5) is 41.9. The molecule has 8 nitrogen and oxygen atoms in total. The van der Waals surface area contributed by atoms with Crippen molar-refractivity contribution >= 4 is 23.4 Å². The van der Waals surface area contributed by atoms with E-state index < -0.39 is 35.3 Å². The predicted molar refractivity (Wildman–Crippen MR) is 102 cm³/mol. The summed E-state index contributed by atoms with van der Waals surface area (Å²) >= 11 is 0. The van der Waals surface area contributed by atoms with Crippen molar-refractivity contribution in [3.05, 3.63) is 53.6 Å². The zero-order chi connectivity index (χ0) is 21.1. The third-order valence-electron chi connectivity index (χ3n) is 4.91. The number of piperidine rings is 1. The van der Waals surface area contributed by atoms with Gasteiger partial charge in [0, 0.05) is 12.7 Å². The highest BCUT2D eigenvalue weighted by atomic mass is 19.1. The smallest absolute Gasteiger partial charge is 0.313 e. The van der Waals surface area contributed by atoms with Crippen molar-refractivity contribution in [3.63, 3.8) is 0 Å². The molecule has 3 rings (SSSR count). The molecule has 1 aromatic carbocycles. The van der Waals surface area contributed by atoms with E-state index in [0.29, 0.717) is 18.5 Å². The Morgan fingerprint density at radius 1 is 1.24 bits per heavy atom. The Bertz CT molecular complexity index is 965. The van der Waals surface area contributed by atoms with Gasteiger partial charge in [0.1, 0.15) is 0 Å². The van der Waals surface area contributed by atoms with E-state index in [4.69, 9.17) is 5.73 Å². The number of nitrogens with zero attached hydrogens (tertiary/aromatic N) is 2. The van der Waals surface area contributed by atoms with Gasteiger partial charge in [-0.3, -0.25) is 19.4 Å². The van der Waals surface area contributed by atoms with Crippen molar-refractivity contribution in [2.75, 3.05) is 11.9 Å². The molecular weight excluding hydrogens is 379 g/mol. The molecule has 2 heterocycles. The summed E-state index contributed by atoms with van der Waals surface area (Å²) in [5, 5.41) is 11.8. The summed E-state index contributed by atoms with van der Waals surface area (Å²) in [6, 6.07) is 4.78. The van der Waals surface area contributed by atoms with Crippen LogP contribution in [0.25, 0.3) is 0 Å². The Morgan fingerprint density at radius 2 is 2.00 bits per heavy atom. The molecule has 29 heavy (non-hydrogen) atoms. The maximum Gasteiger partial charge on any atom is 0.313 e. The van der Waals surface area contributed by atoms with Crippen LogP contribution in [0.15, 0.2) is 36.7 Å². The van der Waals surface area contributed by atoms with Gasteiger partial charge in [-0.15, -0.1) is 0 Å². The van der Waals surface area contributed by atoms with Crippen LogP contribution in [0, 0.1) is 11.7 Å². The highest BCUT2D eigenvalue weighted by Gasteiger charge is 2.34. The van der Waals surface area contributed by atoms with Gasteiger partial charge in [0.2, 0.25) is 5.91 Å². The largest absolute Gasteiger partial charge is 0.505 e. The van der Waals surface area contributed by atoms with Gasteiger partial charge < -0.3 is 21.1 Å². The number of carbonyl (C=O) groups excluding carboxylic acids is 3. The molecule has 1 fully saturated rings. The first-order valence-corrected chi connectivity index (χ1v) is 9.11. The third-order valence-corrected chi connectivity index (χ3v) is 4.91. The maximum atomic E-state index is 13.8. The van der Waals surface area contributed by atoms with Gasteiger partial charge >= 0.3 is 11.8 Å². The maximum absolute atomic E-state index is 13.8. The van der Waals surface area contributed by atoms with Crippen LogP contribution in [0.4, 0.5) is 10.1 Å². The fourth-order valence-corrected chi connectivity index (χ4v) is 3.41. The van der Waals surface area contributed by atoms with E-state index in [1.807, 2.05) is 6.92 Å². The second kappa shape index (κ2) is 8.26. The van der Waals surface area contributed by atoms with Gasteiger partial charge in [0.05, 0.1) is 23.5 Å². The summed E-state index contributed by atoms with van der Waals surface area (Å²) in [5.74, 6) is -3.47. The van der Waals surface area contributed by atoms with Crippen molar-refractivity contribution in [1.82, 2.24) is 9.88 Å². The molecule has 9 heteroatoms. The number of aromatic hydroxyl groups is 1. The van der Waals surface area contributed by atoms with Crippen LogP contribution in [-0.4, -0.2) is 39.3 Å². The molecule has 0 unspecified atom stereocenters. The van der Waals surface area contributed by atoms with Crippen LogP contribution in [0.3, 0.4) is 0 Å². The minimum Gasteiger partial charge on any atom is -0.505 e. The van der Waals surface area contributed by atoms with Gasteiger partial charge in [0.25, 0.3) is 0 Å². The van der Waals surface area contributed by atoms with E-state index in [0.717, 1.165) is 6.42 Å². The molecule has 1 aliphatic heterocycles. The SMILES string of the molecule is C[C@H]1CC[C@H](c2ccc(O)c(F)c2)N(C(=O)C(=O)Nc2cncc(C(N)=O)c2)C1. The molecule has 152 valence electrons. The van der Waals surface area contributed by atoms with Crippen molar-refractivity contribution < 1.29 is 23.9 Å². The number of nitrogens with one attached hydrogen (secondary N) is 1. The first kappa shape index (κ1) is 20.2. The lowest BCUT2D eigenvalue weighted by atomic mass is 9.89. The Morgan fingerprint density at radius 3 is 2.69 bits per heavy atom. The minimum absolute atomic E-state index is 0.0966. The summed E-state index contributed by atoms with van der Waals surface area (Å²) in [5.41, 5.74) is 5.96. The minimum atomic E-state index is -0.897. The van der Waals surface area contributed by atoms with E-state index in [2.05, 4.69) is 10.3 Å². The van der Waals surface area contributed by atoms with E-state index in [1.165, 1.54) is 41.6 Å². The van der Waals surface area contributed by atoms with Crippen LogP contribution in [0.1, 0.15) is 41.7 Å². The lowest BCUT2D eigenvalue weighted by molar-refractivity contribution is -0.146. The highest BCUT2D eigenvalue weighted by molar-refractivity contribution is 6.39. The number of primary amides is 1. The number of benzene rings is 1. The summed E-state index contributed by atoms with van der Waals surface area (Å²) in [6.45, 7) is 2.30. The van der Waals surface area contributed by atoms with Crippen LogP contribution in [0.5, 0.6) is 5.75 Å². The summed E-state index contributed by atoms with van der Waals surface area (Å²) in [6.07, 6.45) is 3.91. The standard InChI is InChI=1S/C20H21FN4O4/c1-11-2-4-16(12-3-5-17(26)15(21)7-12)25(10-11)20(29)19(28)24-14-6-13(18(22)27)8-23-9-14/h3,5-9,11,16,26H,2,4,10H2,1H3,(H2,22,27)(H,24,28)/t11-,16+/m0/s1. The average Bonchev–Trinajstić information content (AvgIpc) is 2.69. The first-order chi connectivity index (χ1) is 13.8. The lowest BCUT2D eigenvalue weighted by Crippen LogP contribution is -2.46. The number of rotatable bonds is 3. The number of hydrogen-bond donors (Lipinski definition) is 3. The van der Waals surface area contributed by atoms with E-state index in [9.17, 15) is 23.9 Å². The van der Waals surface area contributed by atoms with E-state index in [-0.39, 0.29) is 17.2 Å². The average molecular weight is 400 g/mol. The fraction of sp³-hybridized carbons (Fsp3) is 0.300. The van der Waals surface area contributed by atoms with Crippen molar-refractivity contribution in [1.29, 1.82) is 0 Å². The first-order valence-electron chi connectivity index (χ1n) is 9.11. The van der Waals surface area contributed by atoms with Crippen molar-refractivity contribution in [2.24, 2.45) is 11.7 Å². The van der Waals surface area contributed by atoms with Crippen LogP contribution < -0.4 is 11.1 Å². The topological polar surface area (TPSA) is 126 Å². The Hall–Kier alpha value is -3.49. The number of hydrogen-bond acceptors (Lipinski definition) is 5.